The maximum Gasteiger partial charge on any atom is 0.354 e. The largest absolute Gasteiger partial charge is 0.477 e. The first-order chi connectivity index (χ1) is 9.31. The molecule has 1 N–H and O–H groups in total. The van der Waals surface area contributed by atoms with Gasteiger partial charge in [0, 0.05) is 31.4 Å². The van der Waals surface area contributed by atoms with E-state index >= 15 is 0 Å². The number of aromatic nitrogens is 1. The summed E-state index contributed by atoms with van der Waals surface area (Å²) >= 11 is 0. The third-order valence-electron chi connectivity index (χ3n) is 3.83. The maximum absolute atomic E-state index is 12.4. The Morgan fingerprint density at radius 3 is 2.50 bits per heavy atom. The van der Waals surface area contributed by atoms with Gasteiger partial charge in [-0.1, -0.05) is 0 Å². The molecule has 0 saturated carbocycles. The average molecular weight is 277 g/mol. The summed E-state index contributed by atoms with van der Waals surface area (Å²) in [7, 11) is 2.05. The van der Waals surface area contributed by atoms with Gasteiger partial charge in [0.25, 0.3) is 5.91 Å². The van der Waals surface area contributed by atoms with Crippen LogP contribution in [0, 0.1) is 0 Å². The number of rotatable bonds is 2. The van der Waals surface area contributed by atoms with Crippen molar-refractivity contribution in [2.24, 2.45) is 0 Å². The van der Waals surface area contributed by atoms with Crippen LogP contribution in [0.25, 0.3) is 0 Å². The lowest BCUT2D eigenvalue weighted by molar-refractivity contribution is 0.0311. The fourth-order valence-electron chi connectivity index (χ4n) is 2.24. The number of amides is 1. The second-order valence-corrected chi connectivity index (χ2v) is 5.70. The molecule has 0 spiro atoms. The van der Waals surface area contributed by atoms with Crippen LogP contribution in [-0.4, -0.2) is 64.0 Å². The van der Waals surface area contributed by atoms with Gasteiger partial charge in [0.2, 0.25) is 0 Å². The Bertz CT molecular complexity index is 525. The van der Waals surface area contributed by atoms with Gasteiger partial charge in [-0.25, -0.2) is 9.78 Å². The van der Waals surface area contributed by atoms with Gasteiger partial charge in [-0.2, -0.15) is 0 Å². The molecule has 1 aliphatic heterocycles. The summed E-state index contributed by atoms with van der Waals surface area (Å²) in [5.41, 5.74) is 0.304. The molecule has 1 fully saturated rings. The number of nitrogens with zero attached hydrogens (tertiary/aromatic N) is 3. The van der Waals surface area contributed by atoms with E-state index in [0.717, 1.165) is 6.54 Å². The fraction of sp³-hybridized carbons (Fsp3) is 0.500. The molecule has 1 saturated heterocycles. The van der Waals surface area contributed by atoms with E-state index in [4.69, 9.17) is 5.11 Å². The normalized spacial score (nSPS) is 18.9. The molecule has 0 unspecified atom stereocenters. The van der Waals surface area contributed by atoms with Gasteiger partial charge in [0.15, 0.2) is 0 Å². The highest BCUT2D eigenvalue weighted by molar-refractivity contribution is 5.95. The average Bonchev–Trinajstić information content (AvgIpc) is 2.41. The van der Waals surface area contributed by atoms with Crippen LogP contribution in [0.5, 0.6) is 0 Å². The van der Waals surface area contributed by atoms with E-state index < -0.39 is 5.97 Å². The van der Waals surface area contributed by atoms with Crippen molar-refractivity contribution < 1.29 is 14.7 Å². The van der Waals surface area contributed by atoms with Crippen LogP contribution in [0.15, 0.2) is 18.3 Å². The Hall–Kier alpha value is -1.95. The third-order valence-corrected chi connectivity index (χ3v) is 3.83. The maximum atomic E-state index is 12.4. The molecule has 1 aromatic rings. The number of carbonyl (C=O) groups excluding carboxylic acids is 1. The third kappa shape index (κ3) is 2.80. The highest BCUT2D eigenvalue weighted by Gasteiger charge is 2.33. The Labute approximate surface area is 118 Å². The summed E-state index contributed by atoms with van der Waals surface area (Å²) in [6.07, 6.45) is 1.33. The Balaban J connectivity index is 2.13. The molecular weight excluding hydrogens is 258 g/mol. The van der Waals surface area contributed by atoms with Gasteiger partial charge >= 0.3 is 5.97 Å². The minimum Gasteiger partial charge on any atom is -0.477 e. The Morgan fingerprint density at radius 2 is 2.00 bits per heavy atom. The minimum atomic E-state index is -1.09. The van der Waals surface area contributed by atoms with E-state index in [2.05, 4.69) is 23.7 Å². The first kappa shape index (κ1) is 14.5. The summed E-state index contributed by atoms with van der Waals surface area (Å²) in [6.45, 7) is 6.32. The zero-order chi connectivity index (χ0) is 14.9. The van der Waals surface area contributed by atoms with Crippen molar-refractivity contribution >= 4 is 11.9 Å². The topological polar surface area (TPSA) is 73.7 Å². The summed E-state index contributed by atoms with van der Waals surface area (Å²) in [5, 5.41) is 8.80. The number of hydrogen-bond donors (Lipinski definition) is 1. The molecule has 0 radical (unpaired) electrons. The first-order valence-corrected chi connectivity index (χ1v) is 6.51. The van der Waals surface area contributed by atoms with E-state index in [-0.39, 0.29) is 17.1 Å². The van der Waals surface area contributed by atoms with Crippen LogP contribution >= 0.6 is 0 Å². The second kappa shape index (κ2) is 5.20. The summed E-state index contributed by atoms with van der Waals surface area (Å²) < 4.78 is 0. The Kier molecular flexibility index (Phi) is 3.76. The number of carboxylic acid groups (broad SMARTS) is 1. The van der Waals surface area contributed by atoms with Crippen molar-refractivity contribution in [2.75, 3.05) is 26.7 Å². The van der Waals surface area contributed by atoms with Crippen molar-refractivity contribution in [1.29, 1.82) is 0 Å². The van der Waals surface area contributed by atoms with Gasteiger partial charge in [0.05, 0.1) is 5.56 Å². The number of carbonyl (C=O) groups is 2. The molecule has 0 aliphatic carbocycles. The van der Waals surface area contributed by atoms with Crippen LogP contribution in [0.3, 0.4) is 0 Å². The van der Waals surface area contributed by atoms with E-state index in [1.807, 2.05) is 7.05 Å². The quantitative estimate of drug-likeness (QED) is 0.871. The number of piperazine rings is 1. The SMILES string of the molecule is CN1CCN(C(=O)c2ccc(C(=O)O)nc2)CC1(C)C. The van der Waals surface area contributed by atoms with Gasteiger partial charge in [0.1, 0.15) is 5.69 Å². The summed E-state index contributed by atoms with van der Waals surface area (Å²) in [4.78, 5) is 30.9. The zero-order valence-corrected chi connectivity index (χ0v) is 12.0. The minimum absolute atomic E-state index is 0.0553. The van der Waals surface area contributed by atoms with Crippen LogP contribution < -0.4 is 0 Å². The Morgan fingerprint density at radius 1 is 1.30 bits per heavy atom. The van der Waals surface area contributed by atoms with Crippen LogP contribution in [-0.2, 0) is 0 Å². The molecule has 1 aliphatic rings. The van der Waals surface area contributed by atoms with Crippen molar-refractivity contribution in [3.63, 3.8) is 0 Å². The monoisotopic (exact) mass is 277 g/mol. The molecule has 1 amide bonds. The van der Waals surface area contributed by atoms with Crippen molar-refractivity contribution in [2.45, 2.75) is 19.4 Å². The van der Waals surface area contributed by atoms with Gasteiger partial charge in [-0.3, -0.25) is 9.69 Å². The van der Waals surface area contributed by atoms with Crippen LogP contribution in [0.1, 0.15) is 34.7 Å². The van der Waals surface area contributed by atoms with Gasteiger partial charge < -0.3 is 10.0 Å². The van der Waals surface area contributed by atoms with Crippen LogP contribution in [0.4, 0.5) is 0 Å². The number of likely N-dealkylation sites (N-methyl/N-ethyl adjacent to an activating group) is 1. The van der Waals surface area contributed by atoms with E-state index in [1.165, 1.54) is 18.3 Å². The molecule has 0 aromatic carbocycles. The first-order valence-electron chi connectivity index (χ1n) is 6.51. The standard InChI is InChI=1S/C14H19N3O3/c1-14(2)9-17(7-6-16(14)3)12(18)10-4-5-11(13(19)20)15-8-10/h4-5,8H,6-7,9H2,1-3H3,(H,19,20). The summed E-state index contributed by atoms with van der Waals surface area (Å²) in [6, 6.07) is 2.88. The highest BCUT2D eigenvalue weighted by atomic mass is 16.4. The predicted octanol–water partition coefficient (Wildman–Crippen LogP) is 0.946. The molecule has 6 nitrogen and oxygen atoms in total. The fourth-order valence-corrected chi connectivity index (χ4v) is 2.24. The molecule has 20 heavy (non-hydrogen) atoms. The number of pyridine rings is 1. The van der Waals surface area contributed by atoms with Crippen molar-refractivity contribution in [1.82, 2.24) is 14.8 Å². The highest BCUT2D eigenvalue weighted by Crippen LogP contribution is 2.20. The zero-order valence-electron chi connectivity index (χ0n) is 12.0. The molecule has 1 aromatic heterocycles. The lowest BCUT2D eigenvalue weighted by Crippen LogP contribution is -2.58. The lowest BCUT2D eigenvalue weighted by Gasteiger charge is -2.45. The van der Waals surface area contributed by atoms with Crippen molar-refractivity contribution in [3.05, 3.63) is 29.6 Å². The van der Waals surface area contributed by atoms with Gasteiger partial charge in [-0.15, -0.1) is 0 Å². The van der Waals surface area contributed by atoms with Crippen molar-refractivity contribution in [3.8, 4) is 0 Å². The number of hydrogen-bond acceptors (Lipinski definition) is 4. The number of aromatic carboxylic acids is 1. The van der Waals surface area contributed by atoms with E-state index in [9.17, 15) is 9.59 Å². The van der Waals surface area contributed by atoms with Crippen LogP contribution in [0.2, 0.25) is 0 Å². The molecule has 2 heterocycles. The van der Waals surface area contributed by atoms with Gasteiger partial charge in [-0.05, 0) is 33.0 Å². The molecule has 2 rings (SSSR count). The van der Waals surface area contributed by atoms with E-state index in [0.29, 0.717) is 18.7 Å². The molecular formula is C14H19N3O3. The lowest BCUT2D eigenvalue weighted by atomic mass is 9.99. The van der Waals surface area contributed by atoms with E-state index in [1.54, 1.807) is 4.90 Å². The molecule has 0 bridgehead atoms. The summed E-state index contributed by atoms with van der Waals surface area (Å²) in [5.74, 6) is -1.19. The molecule has 6 heteroatoms. The molecule has 108 valence electrons. The molecule has 0 atom stereocenters. The second-order valence-electron chi connectivity index (χ2n) is 5.70. The smallest absolute Gasteiger partial charge is 0.354 e. The predicted molar refractivity (Wildman–Crippen MR) is 73.8 cm³/mol. The number of carboxylic acids is 1.